The van der Waals surface area contributed by atoms with Gasteiger partial charge in [-0.3, -0.25) is 14.9 Å². The van der Waals surface area contributed by atoms with Crippen molar-refractivity contribution in [3.63, 3.8) is 0 Å². The maximum atomic E-state index is 12.9. The van der Waals surface area contributed by atoms with Gasteiger partial charge in [0.1, 0.15) is 12.3 Å². The van der Waals surface area contributed by atoms with E-state index in [1.807, 2.05) is 58.3 Å². The first-order valence-electron chi connectivity index (χ1n) is 12.9. The van der Waals surface area contributed by atoms with E-state index in [1.165, 1.54) is 12.8 Å². The minimum atomic E-state index is -0.0186. The van der Waals surface area contributed by atoms with Crippen molar-refractivity contribution in [1.29, 1.82) is 0 Å². The van der Waals surface area contributed by atoms with E-state index in [9.17, 15) is 9.59 Å². The third-order valence-electron chi connectivity index (χ3n) is 6.44. The minimum absolute atomic E-state index is 0.0186. The molecule has 4 rings (SSSR count). The molecule has 1 fully saturated rings. The summed E-state index contributed by atoms with van der Waals surface area (Å²) in [7, 11) is 0. The first-order chi connectivity index (χ1) is 17.1. The number of fused-ring (bicyclic) bond motifs is 2. The Morgan fingerprint density at radius 1 is 1.03 bits per heavy atom. The lowest BCUT2D eigenvalue weighted by Crippen LogP contribution is -2.31. The number of carbonyl (C=O) groups excluding carboxylic acids is 2. The lowest BCUT2D eigenvalue weighted by Gasteiger charge is -2.23. The van der Waals surface area contributed by atoms with E-state index in [-0.39, 0.29) is 11.8 Å². The Labute approximate surface area is 208 Å². The summed E-state index contributed by atoms with van der Waals surface area (Å²) >= 11 is 0. The summed E-state index contributed by atoms with van der Waals surface area (Å²) in [6, 6.07) is 15.9. The van der Waals surface area contributed by atoms with Crippen LogP contribution in [-0.2, 0) is 16.1 Å². The van der Waals surface area contributed by atoms with Crippen LogP contribution in [0.1, 0.15) is 63.9 Å². The summed E-state index contributed by atoms with van der Waals surface area (Å²) in [4.78, 5) is 33.0. The van der Waals surface area contributed by atoms with Crippen LogP contribution in [0.5, 0.6) is 5.75 Å². The van der Waals surface area contributed by atoms with Crippen molar-refractivity contribution in [3.05, 3.63) is 54.1 Å². The number of para-hydroxylation sites is 1. The van der Waals surface area contributed by atoms with Gasteiger partial charge in [-0.2, -0.15) is 0 Å². The monoisotopic (exact) mass is 476 g/mol. The summed E-state index contributed by atoms with van der Waals surface area (Å²) in [6.45, 7) is 4.63. The van der Waals surface area contributed by atoms with Crippen molar-refractivity contribution < 1.29 is 14.3 Å². The Bertz CT molecular complexity index is 1040. The molecule has 186 valence electrons. The zero-order valence-electron chi connectivity index (χ0n) is 20.7. The number of hydrogen-bond acceptors (Lipinski definition) is 5. The molecule has 2 aromatic carbocycles. The second kappa shape index (κ2) is 12.4. The summed E-state index contributed by atoms with van der Waals surface area (Å²) < 4.78 is 5.94. The van der Waals surface area contributed by atoms with Crippen molar-refractivity contribution in [2.75, 3.05) is 24.6 Å². The molecule has 2 aliphatic rings. The van der Waals surface area contributed by atoms with E-state index in [0.29, 0.717) is 32.1 Å². The number of nitrogens with one attached hydrogen (secondary N) is 1. The van der Waals surface area contributed by atoms with Gasteiger partial charge in [0, 0.05) is 31.3 Å². The Morgan fingerprint density at radius 3 is 2.69 bits per heavy atom. The number of unbranched alkanes of at least 4 members (excludes halogenated alkanes) is 5. The smallest absolute Gasteiger partial charge is 0.246 e. The number of amides is 2. The van der Waals surface area contributed by atoms with Crippen LogP contribution >= 0.6 is 0 Å². The molecular weight excluding hydrogens is 440 g/mol. The summed E-state index contributed by atoms with van der Waals surface area (Å²) in [5.41, 5.74) is 2.93. The lowest BCUT2D eigenvalue weighted by atomic mass is 10.1. The molecule has 2 amide bonds. The molecule has 7 nitrogen and oxygen atoms in total. The molecule has 0 atom stereocenters. The Hall–Kier alpha value is -3.35. The first kappa shape index (κ1) is 24.8. The summed E-state index contributed by atoms with van der Waals surface area (Å²) in [6.07, 6.45) is 7.85. The van der Waals surface area contributed by atoms with Crippen LogP contribution in [0, 0.1) is 0 Å². The van der Waals surface area contributed by atoms with E-state index in [4.69, 9.17) is 4.74 Å². The third-order valence-corrected chi connectivity index (χ3v) is 6.44. The van der Waals surface area contributed by atoms with Gasteiger partial charge in [0.15, 0.2) is 0 Å². The second-order valence-corrected chi connectivity index (χ2v) is 9.23. The average Bonchev–Trinajstić information content (AvgIpc) is 3.23. The van der Waals surface area contributed by atoms with Crippen LogP contribution < -0.4 is 15.0 Å². The molecule has 2 aromatic rings. The molecule has 0 saturated carbocycles. The predicted octanol–water partition coefficient (Wildman–Crippen LogP) is 5.17. The van der Waals surface area contributed by atoms with Crippen molar-refractivity contribution in [2.45, 2.75) is 64.8 Å². The number of anilines is 1. The van der Waals surface area contributed by atoms with E-state index < -0.39 is 0 Å². The quantitative estimate of drug-likeness (QED) is 0.405. The van der Waals surface area contributed by atoms with Gasteiger partial charge < -0.3 is 14.5 Å². The Kier molecular flexibility index (Phi) is 8.76. The van der Waals surface area contributed by atoms with Crippen LogP contribution in [0.3, 0.4) is 0 Å². The van der Waals surface area contributed by atoms with Crippen molar-refractivity contribution in [3.8, 4) is 5.75 Å². The van der Waals surface area contributed by atoms with E-state index in [1.54, 1.807) is 0 Å². The molecular formula is C28H36N4O3. The average molecular weight is 477 g/mol. The molecule has 35 heavy (non-hydrogen) atoms. The molecule has 2 heterocycles. The molecule has 0 aliphatic carbocycles. The second-order valence-electron chi connectivity index (χ2n) is 9.23. The predicted molar refractivity (Wildman–Crippen MR) is 139 cm³/mol. The van der Waals surface area contributed by atoms with Gasteiger partial charge in [0.05, 0.1) is 12.3 Å². The molecule has 0 spiro atoms. The molecule has 0 aromatic heterocycles. The molecule has 1 N–H and O–H groups in total. The largest absolute Gasteiger partial charge is 0.494 e. The Balaban J connectivity index is 1.19. The minimum Gasteiger partial charge on any atom is -0.494 e. The van der Waals surface area contributed by atoms with Gasteiger partial charge in [-0.05, 0) is 49.4 Å². The molecule has 0 unspecified atom stereocenters. The standard InChI is InChI=1S/C28H36N4O3/c1-2-3-4-10-17-32(23-12-7-5-8-13-23)27(34)14-9-6-11-18-35-24-16-15-22-20-31-21-26(33)30-28(31)29-25(22)19-24/h5,7-8,12-13,15-16,19H,2-4,6,9-11,14,17-18,20-21H2,1H3,(H,29,30,33). The topological polar surface area (TPSA) is 74.2 Å². The molecule has 1 saturated heterocycles. The fourth-order valence-electron chi connectivity index (χ4n) is 4.49. The van der Waals surface area contributed by atoms with E-state index in [2.05, 4.69) is 17.2 Å². The van der Waals surface area contributed by atoms with Crippen molar-refractivity contribution in [1.82, 2.24) is 10.2 Å². The highest BCUT2D eigenvalue weighted by Gasteiger charge is 2.29. The maximum Gasteiger partial charge on any atom is 0.246 e. The molecule has 2 aliphatic heterocycles. The molecule has 0 bridgehead atoms. The van der Waals surface area contributed by atoms with Gasteiger partial charge in [0.2, 0.25) is 17.8 Å². The molecule has 0 radical (unpaired) electrons. The van der Waals surface area contributed by atoms with Gasteiger partial charge in [-0.25, -0.2) is 4.99 Å². The van der Waals surface area contributed by atoms with Gasteiger partial charge in [-0.1, -0.05) is 50.5 Å². The number of rotatable bonds is 13. The highest BCUT2D eigenvalue weighted by molar-refractivity contribution is 6.05. The lowest BCUT2D eigenvalue weighted by molar-refractivity contribution is -0.119. The van der Waals surface area contributed by atoms with Crippen molar-refractivity contribution in [2.24, 2.45) is 4.99 Å². The van der Waals surface area contributed by atoms with Gasteiger partial charge >= 0.3 is 0 Å². The summed E-state index contributed by atoms with van der Waals surface area (Å²) in [5.74, 6) is 1.59. The number of nitrogens with zero attached hydrogens (tertiary/aromatic N) is 3. The van der Waals surface area contributed by atoms with Crippen LogP contribution in [0.15, 0.2) is 53.5 Å². The maximum absolute atomic E-state index is 12.9. The van der Waals surface area contributed by atoms with Crippen LogP contribution in [0.25, 0.3) is 0 Å². The van der Waals surface area contributed by atoms with Gasteiger partial charge in [-0.15, -0.1) is 0 Å². The number of ether oxygens (including phenoxy) is 1. The summed E-state index contributed by atoms with van der Waals surface area (Å²) in [5, 5.41) is 2.79. The van der Waals surface area contributed by atoms with Crippen LogP contribution in [0.2, 0.25) is 0 Å². The van der Waals surface area contributed by atoms with E-state index >= 15 is 0 Å². The third kappa shape index (κ3) is 6.84. The zero-order chi connectivity index (χ0) is 24.5. The molecule has 7 heteroatoms. The number of aliphatic imine (C=N–C) groups is 1. The zero-order valence-corrected chi connectivity index (χ0v) is 20.7. The number of guanidine groups is 1. The number of benzene rings is 2. The van der Waals surface area contributed by atoms with Crippen molar-refractivity contribution >= 4 is 29.1 Å². The Morgan fingerprint density at radius 2 is 1.86 bits per heavy atom. The van der Waals surface area contributed by atoms with Gasteiger partial charge in [0.25, 0.3) is 0 Å². The number of carbonyl (C=O) groups is 2. The normalized spacial score (nSPS) is 14.1. The van der Waals surface area contributed by atoms with E-state index in [0.717, 1.165) is 61.3 Å². The highest BCUT2D eigenvalue weighted by atomic mass is 16.5. The fraction of sp³-hybridized carbons (Fsp3) is 0.464. The fourth-order valence-corrected chi connectivity index (χ4v) is 4.49. The SMILES string of the molecule is CCCCCCN(C(=O)CCCCCOc1ccc2c(c1)N=C1NC(=O)CN1C2)c1ccccc1. The van der Waals surface area contributed by atoms with Crippen LogP contribution in [0.4, 0.5) is 11.4 Å². The highest BCUT2D eigenvalue weighted by Crippen LogP contribution is 2.31. The number of hydrogen-bond donors (Lipinski definition) is 1. The van der Waals surface area contributed by atoms with Crippen LogP contribution in [-0.4, -0.2) is 42.4 Å². The first-order valence-corrected chi connectivity index (χ1v) is 12.9.